The van der Waals surface area contributed by atoms with Gasteiger partial charge in [0.25, 0.3) is 11.6 Å². The number of anilines is 1. The molecule has 0 aliphatic heterocycles. The van der Waals surface area contributed by atoms with Gasteiger partial charge >= 0.3 is 0 Å². The number of nitro groups is 1. The number of hydrogen-bond acceptors (Lipinski definition) is 4. The minimum absolute atomic E-state index is 0.0845. The molecule has 0 bridgehead atoms. The molecule has 2 N–H and O–H groups in total. The highest BCUT2D eigenvalue weighted by Crippen LogP contribution is 2.31. The number of benzene rings is 2. The Labute approximate surface area is 150 Å². The Hall–Kier alpha value is -2.60. The van der Waals surface area contributed by atoms with Crippen molar-refractivity contribution >= 4 is 28.9 Å². The zero-order valence-electron chi connectivity index (χ0n) is 13.7. The van der Waals surface area contributed by atoms with Crippen molar-refractivity contribution in [3.63, 3.8) is 0 Å². The molecule has 1 atom stereocenters. The summed E-state index contributed by atoms with van der Waals surface area (Å²) in [5, 5.41) is 17.9. The summed E-state index contributed by atoms with van der Waals surface area (Å²) >= 11 is 5.86. The average molecular weight is 360 g/mol. The van der Waals surface area contributed by atoms with E-state index in [1.165, 1.54) is 6.07 Å². The first-order chi connectivity index (χ1) is 11.9. The van der Waals surface area contributed by atoms with Gasteiger partial charge in [0.15, 0.2) is 0 Å². The number of nitro benzene ring substituents is 1. The fourth-order valence-corrected chi connectivity index (χ4v) is 2.63. The maximum atomic E-state index is 12.4. The van der Waals surface area contributed by atoms with Gasteiger partial charge < -0.3 is 10.6 Å². The largest absolute Gasteiger partial charge is 0.377 e. The van der Waals surface area contributed by atoms with Crippen molar-refractivity contribution in [2.24, 2.45) is 0 Å². The van der Waals surface area contributed by atoms with Crippen LogP contribution < -0.4 is 10.6 Å². The topological polar surface area (TPSA) is 84.3 Å². The number of hydrogen-bond donors (Lipinski definition) is 2. The lowest BCUT2D eigenvalue weighted by molar-refractivity contribution is -0.384. The minimum atomic E-state index is -0.468. The minimum Gasteiger partial charge on any atom is -0.377 e. The molecule has 2 aromatic carbocycles. The smallest absolute Gasteiger partial charge is 0.293 e. The molecule has 1 amide bonds. The van der Waals surface area contributed by atoms with Crippen LogP contribution in [0.5, 0.6) is 0 Å². The molecule has 0 spiro atoms. The summed E-state index contributed by atoms with van der Waals surface area (Å²) in [6.07, 6.45) is 2.02. The third-order valence-corrected chi connectivity index (χ3v) is 4.36. The Morgan fingerprint density at radius 3 is 2.52 bits per heavy atom. The number of halogens is 1. The molecule has 0 aromatic heterocycles. The van der Waals surface area contributed by atoms with Gasteiger partial charge in [-0.15, -0.1) is 0 Å². The van der Waals surface area contributed by atoms with Crippen molar-refractivity contribution < 1.29 is 9.72 Å². The average Bonchev–Trinajstić information content (AvgIpc) is 3.39. The van der Waals surface area contributed by atoms with E-state index in [1.54, 1.807) is 24.3 Å². The maximum absolute atomic E-state index is 12.4. The van der Waals surface area contributed by atoms with Crippen LogP contribution in [0.1, 0.15) is 41.7 Å². The Kier molecular flexibility index (Phi) is 4.90. The number of carbonyl (C=O) groups is 1. The molecule has 0 saturated heterocycles. The van der Waals surface area contributed by atoms with Crippen LogP contribution in [0, 0.1) is 10.1 Å². The lowest BCUT2D eigenvalue weighted by atomic mass is 10.1. The van der Waals surface area contributed by atoms with Crippen molar-refractivity contribution in [2.75, 3.05) is 5.32 Å². The molecule has 1 aliphatic rings. The van der Waals surface area contributed by atoms with E-state index in [4.69, 9.17) is 11.6 Å². The molecule has 1 saturated carbocycles. The monoisotopic (exact) mass is 359 g/mol. The van der Waals surface area contributed by atoms with Gasteiger partial charge in [0.05, 0.1) is 11.0 Å². The second kappa shape index (κ2) is 7.11. The molecule has 6 nitrogen and oxygen atoms in total. The van der Waals surface area contributed by atoms with Gasteiger partial charge in [0, 0.05) is 22.7 Å². The number of rotatable bonds is 6. The van der Waals surface area contributed by atoms with Crippen LogP contribution in [0.25, 0.3) is 0 Å². The zero-order valence-corrected chi connectivity index (χ0v) is 14.4. The van der Waals surface area contributed by atoms with E-state index in [0.29, 0.717) is 16.8 Å². The summed E-state index contributed by atoms with van der Waals surface area (Å²) in [6, 6.07) is 11.7. The standard InChI is InChI=1S/C18H18ClN3O3/c1-11(12-2-5-14(19)6-3-12)20-18(23)13-4-9-16(21-15-7-8-15)17(10-13)22(24)25/h2-6,9-11,15,21H,7-8H2,1H3,(H,20,23)/t11-/m1/s1. The maximum Gasteiger partial charge on any atom is 0.293 e. The second-order valence-electron chi connectivity index (χ2n) is 6.15. The first kappa shape index (κ1) is 17.2. The lowest BCUT2D eigenvalue weighted by Gasteiger charge is -2.15. The zero-order chi connectivity index (χ0) is 18.0. The van der Waals surface area contributed by atoms with Gasteiger partial charge in [-0.25, -0.2) is 0 Å². The van der Waals surface area contributed by atoms with E-state index >= 15 is 0 Å². The summed E-state index contributed by atoms with van der Waals surface area (Å²) in [4.78, 5) is 23.3. The molecule has 2 aromatic rings. The molecule has 3 rings (SSSR count). The van der Waals surface area contributed by atoms with E-state index in [1.807, 2.05) is 19.1 Å². The summed E-state index contributed by atoms with van der Waals surface area (Å²) in [5.74, 6) is -0.358. The number of nitrogens with zero attached hydrogens (tertiary/aromatic N) is 1. The van der Waals surface area contributed by atoms with Gasteiger partial charge in [-0.1, -0.05) is 23.7 Å². The predicted octanol–water partition coefficient (Wildman–Crippen LogP) is 4.31. The molecule has 0 heterocycles. The molecule has 1 fully saturated rings. The molecule has 130 valence electrons. The van der Waals surface area contributed by atoms with E-state index < -0.39 is 4.92 Å². The Morgan fingerprint density at radius 2 is 1.92 bits per heavy atom. The molecule has 25 heavy (non-hydrogen) atoms. The summed E-state index contributed by atoms with van der Waals surface area (Å²) in [6.45, 7) is 1.85. The van der Waals surface area contributed by atoms with E-state index in [0.717, 1.165) is 18.4 Å². The van der Waals surface area contributed by atoms with Gasteiger partial charge in [0.1, 0.15) is 5.69 Å². The van der Waals surface area contributed by atoms with Crippen LogP contribution in [0.3, 0.4) is 0 Å². The highest BCUT2D eigenvalue weighted by Gasteiger charge is 2.25. The van der Waals surface area contributed by atoms with Gasteiger partial charge in [-0.3, -0.25) is 14.9 Å². The predicted molar refractivity (Wildman–Crippen MR) is 97.1 cm³/mol. The van der Waals surface area contributed by atoms with Crippen LogP contribution in [0.4, 0.5) is 11.4 Å². The first-order valence-electron chi connectivity index (χ1n) is 8.05. The SMILES string of the molecule is C[C@@H](NC(=O)c1ccc(NC2CC2)c([N+](=O)[O-])c1)c1ccc(Cl)cc1. The quantitative estimate of drug-likeness (QED) is 0.594. The second-order valence-corrected chi connectivity index (χ2v) is 6.59. The normalized spacial score (nSPS) is 14.6. The van der Waals surface area contributed by atoms with Gasteiger partial charge in [-0.05, 0) is 49.6 Å². The molecular weight excluding hydrogens is 342 g/mol. The van der Waals surface area contributed by atoms with E-state index in [-0.39, 0.29) is 23.2 Å². The van der Waals surface area contributed by atoms with Crippen LogP contribution in [-0.4, -0.2) is 16.9 Å². The molecule has 7 heteroatoms. The number of amides is 1. The van der Waals surface area contributed by atoms with Crippen molar-refractivity contribution in [1.82, 2.24) is 5.32 Å². The molecule has 0 radical (unpaired) electrons. The Morgan fingerprint density at radius 1 is 1.24 bits per heavy atom. The summed E-state index contributed by atoms with van der Waals surface area (Å²) in [5.41, 5.74) is 1.53. The van der Waals surface area contributed by atoms with Gasteiger partial charge in [-0.2, -0.15) is 0 Å². The van der Waals surface area contributed by atoms with Gasteiger partial charge in [0.2, 0.25) is 0 Å². The molecular formula is C18H18ClN3O3. The third kappa shape index (κ3) is 4.28. The number of carbonyl (C=O) groups excluding carboxylic acids is 1. The van der Waals surface area contributed by atoms with Crippen LogP contribution in [0.15, 0.2) is 42.5 Å². The molecule has 1 aliphatic carbocycles. The highest BCUT2D eigenvalue weighted by molar-refractivity contribution is 6.30. The van der Waals surface area contributed by atoms with Crippen LogP contribution in [0.2, 0.25) is 5.02 Å². The Balaban J connectivity index is 1.75. The Bertz CT molecular complexity index is 804. The fraction of sp³-hybridized carbons (Fsp3) is 0.278. The highest BCUT2D eigenvalue weighted by atomic mass is 35.5. The van der Waals surface area contributed by atoms with Crippen molar-refractivity contribution in [2.45, 2.75) is 31.8 Å². The summed E-state index contributed by atoms with van der Waals surface area (Å²) in [7, 11) is 0. The molecule has 0 unspecified atom stereocenters. The number of nitrogens with one attached hydrogen (secondary N) is 2. The fourth-order valence-electron chi connectivity index (χ4n) is 2.51. The third-order valence-electron chi connectivity index (χ3n) is 4.11. The first-order valence-corrected chi connectivity index (χ1v) is 8.43. The van der Waals surface area contributed by atoms with E-state index in [9.17, 15) is 14.9 Å². The summed E-state index contributed by atoms with van der Waals surface area (Å²) < 4.78 is 0. The van der Waals surface area contributed by atoms with Crippen LogP contribution >= 0.6 is 11.6 Å². The van der Waals surface area contributed by atoms with E-state index in [2.05, 4.69) is 10.6 Å². The van der Waals surface area contributed by atoms with Crippen molar-refractivity contribution in [1.29, 1.82) is 0 Å². The van der Waals surface area contributed by atoms with Crippen molar-refractivity contribution in [3.05, 3.63) is 68.7 Å². The van der Waals surface area contributed by atoms with Crippen LogP contribution in [-0.2, 0) is 0 Å². The van der Waals surface area contributed by atoms with Crippen molar-refractivity contribution in [3.8, 4) is 0 Å². The lowest BCUT2D eigenvalue weighted by Crippen LogP contribution is -2.26.